The van der Waals surface area contributed by atoms with Crippen LogP contribution in [0.4, 0.5) is 0 Å². The van der Waals surface area contributed by atoms with Crippen molar-refractivity contribution < 1.29 is 14.1 Å². The summed E-state index contributed by atoms with van der Waals surface area (Å²) < 4.78 is 10.4. The highest BCUT2D eigenvalue weighted by molar-refractivity contribution is 5.78. The summed E-state index contributed by atoms with van der Waals surface area (Å²) in [6.07, 6.45) is 1.88. The Bertz CT molecular complexity index is 721. The maximum Gasteiger partial charge on any atom is 0.236 e. The molecule has 0 atom stereocenters. The molecule has 2 heterocycles. The number of carbonyl (C=O) groups is 1. The topological polar surface area (TPSA) is 71.7 Å². The number of likely N-dealkylation sites (N-methyl/N-ethyl adjacent to an activating group) is 1. The van der Waals surface area contributed by atoms with E-state index < -0.39 is 0 Å². The summed E-state index contributed by atoms with van der Waals surface area (Å²) in [5, 5.41) is 3.86. The van der Waals surface area contributed by atoms with Crippen LogP contribution in [-0.4, -0.2) is 59.6 Å². The molecule has 0 radical (unpaired) electrons. The number of aryl methyl sites for hydroxylation is 1. The Morgan fingerprint density at radius 2 is 2.00 bits per heavy atom. The molecule has 7 heteroatoms. The van der Waals surface area contributed by atoms with Crippen molar-refractivity contribution in [2.24, 2.45) is 0 Å². The maximum atomic E-state index is 12.5. The summed E-state index contributed by atoms with van der Waals surface area (Å²) in [6.45, 7) is 4.62. The summed E-state index contributed by atoms with van der Waals surface area (Å²) in [4.78, 5) is 20.8. The molecule has 0 bridgehead atoms. The van der Waals surface area contributed by atoms with E-state index in [1.807, 2.05) is 38.2 Å². The molecule has 1 aromatic carbocycles. The molecule has 3 rings (SSSR count). The van der Waals surface area contributed by atoms with Crippen molar-refractivity contribution in [2.45, 2.75) is 32.2 Å². The smallest absolute Gasteiger partial charge is 0.236 e. The molecule has 1 aliphatic heterocycles. The van der Waals surface area contributed by atoms with Gasteiger partial charge in [0.05, 0.1) is 13.7 Å². The van der Waals surface area contributed by atoms with Crippen LogP contribution >= 0.6 is 0 Å². The van der Waals surface area contributed by atoms with Crippen LogP contribution in [0.1, 0.15) is 36.0 Å². The first-order chi connectivity index (χ1) is 12.5. The van der Waals surface area contributed by atoms with Gasteiger partial charge in [0, 0.05) is 19.5 Å². The molecule has 140 valence electrons. The number of methoxy groups -OCH3 is 1. The van der Waals surface area contributed by atoms with E-state index in [-0.39, 0.29) is 5.91 Å². The molecular formula is C19H26N4O3. The lowest BCUT2D eigenvalue weighted by Gasteiger charge is -2.31. The minimum absolute atomic E-state index is 0.132. The standard InChI is InChI=1S/C19H26N4O3/c1-14-20-19(26-21-14)16-8-10-23(11-9-16)13-18(24)22(2)12-15-4-6-17(25-3)7-5-15/h4-7,16H,8-13H2,1-3H3. The molecular weight excluding hydrogens is 332 g/mol. The summed E-state index contributed by atoms with van der Waals surface area (Å²) in [6, 6.07) is 7.80. The molecule has 1 aliphatic rings. The summed E-state index contributed by atoms with van der Waals surface area (Å²) in [5.41, 5.74) is 1.09. The van der Waals surface area contributed by atoms with Gasteiger partial charge >= 0.3 is 0 Å². The van der Waals surface area contributed by atoms with Crippen LogP contribution in [0.2, 0.25) is 0 Å². The molecule has 1 aromatic heterocycles. The van der Waals surface area contributed by atoms with Crippen molar-refractivity contribution in [2.75, 3.05) is 33.8 Å². The van der Waals surface area contributed by atoms with Gasteiger partial charge in [-0.1, -0.05) is 17.3 Å². The largest absolute Gasteiger partial charge is 0.497 e. The Balaban J connectivity index is 1.45. The van der Waals surface area contributed by atoms with Crippen LogP contribution in [-0.2, 0) is 11.3 Å². The molecule has 2 aromatic rings. The average molecular weight is 358 g/mol. The van der Waals surface area contributed by atoms with Crippen molar-refractivity contribution in [3.05, 3.63) is 41.5 Å². The number of ether oxygens (including phenoxy) is 1. The van der Waals surface area contributed by atoms with Gasteiger partial charge < -0.3 is 14.2 Å². The Hall–Kier alpha value is -2.41. The highest BCUT2D eigenvalue weighted by atomic mass is 16.5. The van der Waals surface area contributed by atoms with Gasteiger partial charge in [-0.3, -0.25) is 9.69 Å². The molecule has 0 unspecified atom stereocenters. The Labute approximate surface area is 153 Å². The second-order valence-electron chi connectivity index (χ2n) is 6.83. The van der Waals surface area contributed by atoms with E-state index in [2.05, 4.69) is 15.0 Å². The zero-order chi connectivity index (χ0) is 18.5. The molecule has 1 saturated heterocycles. The number of aromatic nitrogens is 2. The van der Waals surface area contributed by atoms with Gasteiger partial charge in [0.25, 0.3) is 0 Å². The molecule has 0 aliphatic carbocycles. The minimum Gasteiger partial charge on any atom is -0.497 e. The number of nitrogens with zero attached hydrogens (tertiary/aromatic N) is 4. The van der Waals surface area contributed by atoms with Crippen molar-refractivity contribution in [3.63, 3.8) is 0 Å². The molecule has 26 heavy (non-hydrogen) atoms. The van der Waals surface area contributed by atoms with E-state index in [1.54, 1.807) is 12.0 Å². The molecule has 1 fully saturated rings. The predicted octanol–water partition coefficient (Wildman–Crippen LogP) is 2.22. The quantitative estimate of drug-likeness (QED) is 0.788. The Morgan fingerprint density at radius 3 is 2.58 bits per heavy atom. The molecule has 0 spiro atoms. The highest BCUT2D eigenvalue weighted by Gasteiger charge is 2.26. The number of rotatable bonds is 6. The van der Waals surface area contributed by atoms with E-state index in [9.17, 15) is 4.79 Å². The minimum atomic E-state index is 0.132. The SMILES string of the molecule is COc1ccc(CN(C)C(=O)CN2CCC(c3nc(C)no3)CC2)cc1. The zero-order valence-corrected chi connectivity index (χ0v) is 15.6. The fourth-order valence-corrected chi connectivity index (χ4v) is 3.22. The third-order valence-corrected chi connectivity index (χ3v) is 4.84. The lowest BCUT2D eigenvalue weighted by Crippen LogP contribution is -2.41. The number of hydrogen-bond donors (Lipinski definition) is 0. The van der Waals surface area contributed by atoms with Crippen molar-refractivity contribution in [1.82, 2.24) is 19.9 Å². The van der Waals surface area contributed by atoms with Crippen LogP contribution in [0, 0.1) is 6.92 Å². The van der Waals surface area contributed by atoms with Gasteiger partial charge in [-0.25, -0.2) is 0 Å². The van der Waals surface area contributed by atoms with Crippen LogP contribution in [0.25, 0.3) is 0 Å². The van der Waals surface area contributed by atoms with E-state index in [0.29, 0.717) is 24.8 Å². The average Bonchev–Trinajstić information content (AvgIpc) is 3.09. The second-order valence-corrected chi connectivity index (χ2v) is 6.83. The summed E-state index contributed by atoms with van der Waals surface area (Å²) >= 11 is 0. The third kappa shape index (κ3) is 4.60. The fraction of sp³-hybridized carbons (Fsp3) is 0.526. The van der Waals surface area contributed by atoms with Crippen molar-refractivity contribution in [1.29, 1.82) is 0 Å². The zero-order valence-electron chi connectivity index (χ0n) is 15.6. The predicted molar refractivity (Wildman–Crippen MR) is 96.9 cm³/mol. The lowest BCUT2D eigenvalue weighted by atomic mass is 9.97. The molecule has 0 N–H and O–H groups in total. The fourth-order valence-electron chi connectivity index (χ4n) is 3.22. The number of benzene rings is 1. The number of piperidine rings is 1. The molecule has 0 saturated carbocycles. The van der Waals surface area contributed by atoms with Gasteiger partial charge in [-0.15, -0.1) is 0 Å². The number of amides is 1. The van der Waals surface area contributed by atoms with Gasteiger partial charge in [0.1, 0.15) is 5.75 Å². The van der Waals surface area contributed by atoms with Crippen LogP contribution < -0.4 is 4.74 Å². The molecule has 7 nitrogen and oxygen atoms in total. The first kappa shape index (κ1) is 18.4. The van der Waals surface area contributed by atoms with Gasteiger partial charge in [0.15, 0.2) is 5.82 Å². The monoisotopic (exact) mass is 358 g/mol. The number of likely N-dealkylation sites (tertiary alicyclic amines) is 1. The Morgan fingerprint density at radius 1 is 1.31 bits per heavy atom. The van der Waals surface area contributed by atoms with E-state index in [0.717, 1.165) is 43.1 Å². The highest BCUT2D eigenvalue weighted by Crippen LogP contribution is 2.26. The number of hydrogen-bond acceptors (Lipinski definition) is 6. The maximum absolute atomic E-state index is 12.5. The van der Waals surface area contributed by atoms with Crippen molar-refractivity contribution in [3.8, 4) is 5.75 Å². The van der Waals surface area contributed by atoms with Crippen LogP contribution in [0.15, 0.2) is 28.8 Å². The van der Waals surface area contributed by atoms with Gasteiger partial charge in [0.2, 0.25) is 11.8 Å². The van der Waals surface area contributed by atoms with Crippen LogP contribution in [0.3, 0.4) is 0 Å². The van der Waals surface area contributed by atoms with Gasteiger partial charge in [-0.05, 0) is 50.6 Å². The molecule has 1 amide bonds. The van der Waals surface area contributed by atoms with Crippen LogP contribution in [0.5, 0.6) is 5.75 Å². The normalized spacial score (nSPS) is 15.8. The van der Waals surface area contributed by atoms with E-state index in [4.69, 9.17) is 9.26 Å². The van der Waals surface area contributed by atoms with E-state index in [1.165, 1.54) is 0 Å². The summed E-state index contributed by atoms with van der Waals surface area (Å²) in [5.74, 6) is 2.66. The first-order valence-electron chi connectivity index (χ1n) is 8.94. The first-order valence-corrected chi connectivity index (χ1v) is 8.94. The summed E-state index contributed by atoms with van der Waals surface area (Å²) in [7, 11) is 3.49. The second kappa shape index (κ2) is 8.31. The Kier molecular flexibility index (Phi) is 5.88. The van der Waals surface area contributed by atoms with Crippen molar-refractivity contribution >= 4 is 5.91 Å². The van der Waals surface area contributed by atoms with E-state index >= 15 is 0 Å². The van der Waals surface area contributed by atoms with Gasteiger partial charge in [-0.2, -0.15) is 4.98 Å². The third-order valence-electron chi connectivity index (χ3n) is 4.84. The lowest BCUT2D eigenvalue weighted by molar-refractivity contribution is -0.131. The number of carbonyl (C=O) groups excluding carboxylic acids is 1.